The first kappa shape index (κ1) is 13.2. The van der Waals surface area contributed by atoms with Gasteiger partial charge in [0.15, 0.2) is 0 Å². The van der Waals surface area contributed by atoms with Crippen LogP contribution >= 0.6 is 50.5 Å². The molecule has 2 rings (SSSR count). The van der Waals surface area contributed by atoms with Crippen molar-refractivity contribution < 1.29 is 0 Å². The molecule has 0 N–H and O–H groups in total. The summed E-state index contributed by atoms with van der Waals surface area (Å²) in [4.78, 5) is 0.351. The normalized spacial score (nSPS) is 21.2. The van der Waals surface area contributed by atoms with E-state index in [1.807, 2.05) is 6.07 Å². The van der Waals surface area contributed by atoms with Crippen molar-refractivity contribution in [1.82, 2.24) is 0 Å². The van der Waals surface area contributed by atoms with Gasteiger partial charge in [-0.15, -0.1) is 11.3 Å². The Hall–Kier alpha value is 0.760. The third-order valence-corrected chi connectivity index (χ3v) is 6.78. The minimum atomic E-state index is 0.351. The topological polar surface area (TPSA) is 0 Å². The molecule has 1 atom stereocenters. The molecule has 1 saturated carbocycles. The number of alkyl halides is 1. The number of rotatable bonds is 3. The van der Waals surface area contributed by atoms with Crippen molar-refractivity contribution in [2.75, 3.05) is 0 Å². The van der Waals surface area contributed by atoms with Crippen molar-refractivity contribution in [2.24, 2.45) is 5.41 Å². The lowest BCUT2D eigenvalue weighted by molar-refractivity contribution is 0.280. The highest BCUT2D eigenvalue weighted by Gasteiger charge is 2.40. The lowest BCUT2D eigenvalue weighted by atomic mass is 9.78. The number of hydrogen-bond donors (Lipinski definition) is 0. The fourth-order valence-corrected chi connectivity index (χ4v) is 5.68. The van der Waals surface area contributed by atoms with Crippen LogP contribution in [0.3, 0.4) is 0 Å². The van der Waals surface area contributed by atoms with Crippen molar-refractivity contribution in [2.45, 2.75) is 43.9 Å². The van der Waals surface area contributed by atoms with E-state index in [1.54, 1.807) is 0 Å². The molecule has 1 aromatic rings. The highest BCUT2D eigenvalue weighted by Crippen LogP contribution is 2.56. The van der Waals surface area contributed by atoms with Crippen LogP contribution in [0.15, 0.2) is 6.07 Å². The van der Waals surface area contributed by atoms with Crippen LogP contribution in [0.1, 0.15) is 49.4 Å². The maximum atomic E-state index is 6.24. The van der Waals surface area contributed by atoms with Crippen LogP contribution < -0.4 is 0 Å². The van der Waals surface area contributed by atoms with E-state index in [2.05, 4.69) is 22.9 Å². The summed E-state index contributed by atoms with van der Waals surface area (Å²) in [5.74, 6) is 0. The van der Waals surface area contributed by atoms with Gasteiger partial charge in [0.1, 0.15) is 0 Å². The lowest BCUT2D eigenvalue weighted by Crippen LogP contribution is -2.21. The van der Waals surface area contributed by atoms with E-state index in [4.69, 9.17) is 23.2 Å². The Kier molecular flexibility index (Phi) is 4.27. The first-order valence-corrected chi connectivity index (χ1v) is 8.16. The molecule has 0 aromatic carbocycles. The molecule has 0 bridgehead atoms. The summed E-state index contributed by atoms with van der Waals surface area (Å²) >= 11 is 17.6. The third-order valence-electron chi connectivity index (χ3n) is 3.80. The lowest BCUT2D eigenvalue weighted by Gasteiger charge is -2.33. The Morgan fingerprint density at radius 2 is 2.06 bits per heavy atom. The van der Waals surface area contributed by atoms with Crippen molar-refractivity contribution in [3.63, 3.8) is 0 Å². The Balaban J connectivity index is 2.29. The molecule has 90 valence electrons. The van der Waals surface area contributed by atoms with Gasteiger partial charge in [0, 0.05) is 4.83 Å². The summed E-state index contributed by atoms with van der Waals surface area (Å²) in [5, 5.41) is 0. The first-order valence-electron chi connectivity index (χ1n) is 5.68. The van der Waals surface area contributed by atoms with Crippen molar-refractivity contribution in [1.29, 1.82) is 0 Å². The minimum Gasteiger partial charge on any atom is -0.111 e. The van der Waals surface area contributed by atoms with Crippen LogP contribution in [0.25, 0.3) is 0 Å². The van der Waals surface area contributed by atoms with Gasteiger partial charge in [0.25, 0.3) is 0 Å². The van der Waals surface area contributed by atoms with Gasteiger partial charge < -0.3 is 0 Å². The average molecular weight is 342 g/mol. The van der Waals surface area contributed by atoms with Crippen molar-refractivity contribution in [3.05, 3.63) is 20.3 Å². The molecule has 0 radical (unpaired) electrons. The predicted molar refractivity (Wildman–Crippen MR) is 77.2 cm³/mol. The highest BCUT2D eigenvalue weighted by atomic mass is 79.9. The fourth-order valence-electron chi connectivity index (χ4n) is 2.72. The molecule has 1 aromatic heterocycles. The van der Waals surface area contributed by atoms with Gasteiger partial charge in [-0.3, -0.25) is 0 Å². The van der Waals surface area contributed by atoms with E-state index < -0.39 is 0 Å². The first-order chi connectivity index (χ1) is 7.59. The maximum absolute atomic E-state index is 6.24. The van der Waals surface area contributed by atoms with Gasteiger partial charge in [-0.25, -0.2) is 0 Å². The quantitative estimate of drug-likeness (QED) is 0.553. The standard InChI is InChI=1S/C12H15BrCl2S/c1-2-12(5-3-4-6-12)10(13)8-7-9(14)16-11(8)15/h7,10H,2-6H2,1H3. The molecule has 4 heteroatoms. The molecule has 1 unspecified atom stereocenters. The Bertz CT molecular complexity index is 369. The van der Waals surface area contributed by atoms with Gasteiger partial charge >= 0.3 is 0 Å². The average Bonchev–Trinajstić information content (AvgIpc) is 2.85. The van der Waals surface area contributed by atoms with Crippen LogP contribution in [0, 0.1) is 5.41 Å². The summed E-state index contributed by atoms with van der Waals surface area (Å²) in [6.45, 7) is 2.28. The second-order valence-electron chi connectivity index (χ2n) is 4.57. The highest BCUT2D eigenvalue weighted by molar-refractivity contribution is 9.09. The Labute approximate surface area is 119 Å². The third kappa shape index (κ3) is 2.31. The molecule has 0 spiro atoms. The molecular weight excluding hydrogens is 327 g/mol. The summed E-state index contributed by atoms with van der Waals surface area (Å²) in [6, 6.07) is 2.02. The number of hydrogen-bond acceptors (Lipinski definition) is 1. The van der Waals surface area contributed by atoms with Crippen LogP contribution in [0.2, 0.25) is 8.67 Å². The molecule has 0 amide bonds. The summed E-state index contributed by atoms with van der Waals surface area (Å²) in [6.07, 6.45) is 6.47. The van der Waals surface area contributed by atoms with Gasteiger partial charge in [0.05, 0.1) is 8.67 Å². The second kappa shape index (κ2) is 5.17. The largest absolute Gasteiger partial charge is 0.111 e. The summed E-state index contributed by atoms with van der Waals surface area (Å²) < 4.78 is 1.63. The van der Waals surface area contributed by atoms with E-state index in [9.17, 15) is 0 Å². The van der Waals surface area contributed by atoms with Crippen LogP contribution in [0.5, 0.6) is 0 Å². The van der Waals surface area contributed by atoms with E-state index in [-0.39, 0.29) is 0 Å². The zero-order valence-corrected chi connectivity index (χ0v) is 13.1. The molecule has 0 nitrogen and oxygen atoms in total. The molecular formula is C12H15BrCl2S. The SMILES string of the molecule is CCC1(C(Br)c2cc(Cl)sc2Cl)CCCC1. The summed E-state index contributed by atoms with van der Waals surface area (Å²) in [7, 11) is 0. The zero-order valence-electron chi connectivity index (χ0n) is 9.23. The number of halogens is 3. The van der Waals surface area contributed by atoms with Gasteiger partial charge in [-0.1, -0.05) is 58.9 Å². The molecule has 1 fully saturated rings. The smallest absolute Gasteiger partial charge is 0.0987 e. The van der Waals surface area contributed by atoms with Crippen molar-refractivity contribution in [3.8, 4) is 0 Å². The summed E-state index contributed by atoms with van der Waals surface area (Å²) in [5.41, 5.74) is 1.56. The Morgan fingerprint density at radius 3 is 2.50 bits per heavy atom. The van der Waals surface area contributed by atoms with Crippen LogP contribution in [-0.4, -0.2) is 0 Å². The molecule has 0 aliphatic heterocycles. The van der Waals surface area contributed by atoms with E-state index >= 15 is 0 Å². The molecule has 0 saturated heterocycles. The fraction of sp³-hybridized carbons (Fsp3) is 0.667. The molecule has 1 aliphatic rings. The predicted octanol–water partition coefficient (Wildman–Crippen LogP) is 6.46. The van der Waals surface area contributed by atoms with E-state index in [1.165, 1.54) is 49.0 Å². The molecule has 1 aliphatic carbocycles. The minimum absolute atomic E-state index is 0.351. The van der Waals surface area contributed by atoms with Crippen LogP contribution in [0.4, 0.5) is 0 Å². The number of thiophene rings is 1. The maximum Gasteiger partial charge on any atom is 0.0987 e. The van der Waals surface area contributed by atoms with Gasteiger partial charge in [-0.2, -0.15) is 0 Å². The monoisotopic (exact) mass is 340 g/mol. The van der Waals surface area contributed by atoms with E-state index in [0.29, 0.717) is 10.2 Å². The molecule has 16 heavy (non-hydrogen) atoms. The van der Waals surface area contributed by atoms with E-state index in [0.717, 1.165) is 8.67 Å². The van der Waals surface area contributed by atoms with Gasteiger partial charge in [-0.05, 0) is 36.3 Å². The zero-order chi connectivity index (χ0) is 11.8. The molecule has 1 heterocycles. The van der Waals surface area contributed by atoms with Crippen LogP contribution in [-0.2, 0) is 0 Å². The second-order valence-corrected chi connectivity index (χ2v) is 7.77. The van der Waals surface area contributed by atoms with Crippen molar-refractivity contribution >= 4 is 50.5 Å². The Morgan fingerprint density at radius 1 is 1.44 bits per heavy atom. The van der Waals surface area contributed by atoms with Gasteiger partial charge in [0.2, 0.25) is 0 Å².